The van der Waals surface area contributed by atoms with Crippen LogP contribution in [0.1, 0.15) is 40.9 Å². The SMILES string of the molecule is O=C(c1n[nH]c2ccccc12)N1CCCC(O)(CN2CCc3ccccc3C2)CC1. The van der Waals surface area contributed by atoms with E-state index in [0.717, 1.165) is 43.3 Å². The minimum absolute atomic E-state index is 0.0522. The Morgan fingerprint density at radius 3 is 2.73 bits per heavy atom. The largest absolute Gasteiger partial charge is 0.388 e. The van der Waals surface area contributed by atoms with Crippen LogP contribution in [-0.4, -0.2) is 62.8 Å². The van der Waals surface area contributed by atoms with E-state index in [1.807, 2.05) is 29.2 Å². The minimum atomic E-state index is -0.755. The van der Waals surface area contributed by atoms with Gasteiger partial charge in [0.2, 0.25) is 0 Å². The zero-order chi connectivity index (χ0) is 20.6. The van der Waals surface area contributed by atoms with Gasteiger partial charge in [-0.2, -0.15) is 5.10 Å². The molecule has 1 saturated heterocycles. The molecular formula is C24H28N4O2. The van der Waals surface area contributed by atoms with Crippen LogP contribution in [0.15, 0.2) is 48.5 Å². The van der Waals surface area contributed by atoms with Gasteiger partial charge in [0, 0.05) is 38.1 Å². The number of H-pyrrole nitrogens is 1. The number of β-amino-alcohol motifs (C(OH)–C–C–N with tert-alkyl or cyclic N) is 1. The highest BCUT2D eigenvalue weighted by Crippen LogP contribution is 2.28. The summed E-state index contributed by atoms with van der Waals surface area (Å²) in [4.78, 5) is 17.3. The molecule has 1 aromatic heterocycles. The molecular weight excluding hydrogens is 376 g/mol. The van der Waals surface area contributed by atoms with Gasteiger partial charge < -0.3 is 10.0 Å². The molecule has 2 N–H and O–H groups in total. The second-order valence-electron chi connectivity index (χ2n) is 8.72. The van der Waals surface area contributed by atoms with Crippen LogP contribution in [0.5, 0.6) is 0 Å². The van der Waals surface area contributed by atoms with E-state index in [-0.39, 0.29) is 5.91 Å². The maximum absolute atomic E-state index is 13.1. The third-order valence-corrected chi connectivity index (χ3v) is 6.61. The molecule has 1 atom stereocenters. The highest BCUT2D eigenvalue weighted by atomic mass is 16.3. The number of amides is 1. The van der Waals surface area contributed by atoms with Gasteiger partial charge in [0.05, 0.1) is 11.1 Å². The van der Waals surface area contributed by atoms with Crippen LogP contribution in [0.3, 0.4) is 0 Å². The fourth-order valence-corrected chi connectivity index (χ4v) is 4.92. The smallest absolute Gasteiger partial charge is 0.274 e. The van der Waals surface area contributed by atoms with Gasteiger partial charge in [-0.15, -0.1) is 0 Å². The molecule has 6 heteroatoms. The van der Waals surface area contributed by atoms with Crippen LogP contribution in [-0.2, 0) is 13.0 Å². The van der Waals surface area contributed by atoms with Crippen molar-refractivity contribution in [2.75, 3.05) is 26.2 Å². The Hall–Kier alpha value is -2.70. The molecule has 6 nitrogen and oxygen atoms in total. The second-order valence-corrected chi connectivity index (χ2v) is 8.72. The lowest BCUT2D eigenvalue weighted by Gasteiger charge is -2.36. The summed E-state index contributed by atoms with van der Waals surface area (Å²) in [5, 5.41) is 19.4. The zero-order valence-corrected chi connectivity index (χ0v) is 17.2. The van der Waals surface area contributed by atoms with Crippen molar-refractivity contribution in [3.05, 3.63) is 65.4 Å². The number of likely N-dealkylation sites (tertiary alicyclic amines) is 1. The molecule has 3 heterocycles. The van der Waals surface area contributed by atoms with E-state index in [9.17, 15) is 9.90 Å². The lowest BCUT2D eigenvalue weighted by Crippen LogP contribution is -2.45. The van der Waals surface area contributed by atoms with E-state index in [1.54, 1.807) is 0 Å². The first-order valence-electron chi connectivity index (χ1n) is 10.9. The molecule has 0 aliphatic carbocycles. The summed E-state index contributed by atoms with van der Waals surface area (Å²) in [6.07, 6.45) is 3.15. The van der Waals surface area contributed by atoms with Gasteiger partial charge in [0.25, 0.3) is 5.91 Å². The Balaban J connectivity index is 1.25. The number of hydrogen-bond acceptors (Lipinski definition) is 4. The first-order valence-corrected chi connectivity index (χ1v) is 10.9. The molecule has 3 aromatic rings. The molecule has 2 aromatic carbocycles. The molecule has 1 fully saturated rings. The molecule has 5 rings (SSSR count). The van der Waals surface area contributed by atoms with Crippen molar-refractivity contribution in [3.63, 3.8) is 0 Å². The summed E-state index contributed by atoms with van der Waals surface area (Å²) in [5.41, 5.74) is 3.38. The molecule has 30 heavy (non-hydrogen) atoms. The normalized spacial score (nSPS) is 22.6. The van der Waals surface area contributed by atoms with Gasteiger partial charge in [-0.05, 0) is 42.9 Å². The summed E-state index contributed by atoms with van der Waals surface area (Å²) in [6.45, 7) is 3.74. The molecule has 156 valence electrons. The Morgan fingerprint density at radius 2 is 1.83 bits per heavy atom. The highest BCUT2D eigenvalue weighted by molar-refractivity contribution is 6.04. The van der Waals surface area contributed by atoms with Crippen LogP contribution in [0.25, 0.3) is 10.9 Å². The zero-order valence-electron chi connectivity index (χ0n) is 17.2. The quantitative estimate of drug-likeness (QED) is 0.704. The van der Waals surface area contributed by atoms with Crippen molar-refractivity contribution < 1.29 is 9.90 Å². The summed E-state index contributed by atoms with van der Waals surface area (Å²) >= 11 is 0. The van der Waals surface area contributed by atoms with Gasteiger partial charge in [-0.3, -0.25) is 14.8 Å². The van der Waals surface area contributed by atoms with Crippen molar-refractivity contribution in [3.8, 4) is 0 Å². The van der Waals surface area contributed by atoms with E-state index in [0.29, 0.717) is 31.7 Å². The monoisotopic (exact) mass is 404 g/mol. The predicted octanol–water partition coefficient (Wildman–Crippen LogP) is 2.98. The topological polar surface area (TPSA) is 72.5 Å². The molecule has 0 bridgehead atoms. The number of nitrogens with one attached hydrogen (secondary N) is 1. The second kappa shape index (κ2) is 7.85. The number of aromatic amines is 1. The summed E-state index contributed by atoms with van der Waals surface area (Å²) in [5.74, 6) is -0.0522. The van der Waals surface area contributed by atoms with E-state index < -0.39 is 5.60 Å². The molecule has 2 aliphatic heterocycles. The number of rotatable bonds is 3. The third kappa shape index (κ3) is 3.73. The van der Waals surface area contributed by atoms with Gasteiger partial charge in [0.1, 0.15) is 0 Å². The number of carbonyl (C=O) groups is 1. The van der Waals surface area contributed by atoms with Crippen molar-refractivity contribution in [2.24, 2.45) is 0 Å². The van der Waals surface area contributed by atoms with E-state index in [4.69, 9.17) is 0 Å². The first-order chi connectivity index (χ1) is 14.6. The number of fused-ring (bicyclic) bond motifs is 2. The van der Waals surface area contributed by atoms with Crippen molar-refractivity contribution in [2.45, 2.75) is 37.8 Å². The minimum Gasteiger partial charge on any atom is -0.388 e. The predicted molar refractivity (Wildman–Crippen MR) is 116 cm³/mol. The van der Waals surface area contributed by atoms with Crippen LogP contribution < -0.4 is 0 Å². The summed E-state index contributed by atoms with van der Waals surface area (Å²) in [7, 11) is 0. The molecule has 0 spiro atoms. The van der Waals surface area contributed by atoms with Gasteiger partial charge in [0.15, 0.2) is 5.69 Å². The number of aliphatic hydroxyl groups is 1. The number of para-hydroxylation sites is 1. The Bertz CT molecular complexity index is 1060. The summed E-state index contributed by atoms with van der Waals surface area (Å²) < 4.78 is 0. The van der Waals surface area contributed by atoms with Crippen LogP contribution in [0.2, 0.25) is 0 Å². The maximum atomic E-state index is 13.1. The molecule has 2 aliphatic rings. The van der Waals surface area contributed by atoms with Gasteiger partial charge in [-0.25, -0.2) is 0 Å². The standard InChI is InChI=1S/C24H28N4O2/c29-23(22-20-8-3-4-9-21(20)25-26-22)28-13-5-11-24(30,12-15-28)17-27-14-10-18-6-1-2-7-19(18)16-27/h1-4,6-9,30H,5,10-17H2,(H,25,26). The maximum Gasteiger partial charge on any atom is 0.274 e. The van der Waals surface area contributed by atoms with E-state index >= 15 is 0 Å². The highest BCUT2D eigenvalue weighted by Gasteiger charge is 2.35. The average molecular weight is 405 g/mol. The average Bonchev–Trinajstić information content (AvgIpc) is 3.10. The lowest BCUT2D eigenvalue weighted by atomic mass is 9.92. The van der Waals surface area contributed by atoms with E-state index in [1.165, 1.54) is 11.1 Å². The van der Waals surface area contributed by atoms with Crippen LogP contribution >= 0.6 is 0 Å². The van der Waals surface area contributed by atoms with E-state index in [2.05, 4.69) is 39.4 Å². The number of aromatic nitrogens is 2. The van der Waals surface area contributed by atoms with Crippen LogP contribution in [0, 0.1) is 0 Å². The molecule has 0 radical (unpaired) electrons. The van der Waals surface area contributed by atoms with Crippen LogP contribution in [0.4, 0.5) is 0 Å². The van der Waals surface area contributed by atoms with Crippen molar-refractivity contribution in [1.29, 1.82) is 0 Å². The fraction of sp³-hybridized carbons (Fsp3) is 0.417. The Kier molecular flexibility index (Phi) is 5.05. The Labute approximate surface area is 176 Å². The number of hydrogen-bond donors (Lipinski definition) is 2. The fourth-order valence-electron chi connectivity index (χ4n) is 4.92. The number of carbonyl (C=O) groups excluding carboxylic acids is 1. The van der Waals surface area contributed by atoms with Crippen molar-refractivity contribution >= 4 is 16.8 Å². The molecule has 1 unspecified atom stereocenters. The molecule has 0 saturated carbocycles. The van der Waals surface area contributed by atoms with Gasteiger partial charge in [-0.1, -0.05) is 42.5 Å². The first kappa shape index (κ1) is 19.3. The third-order valence-electron chi connectivity index (χ3n) is 6.61. The lowest BCUT2D eigenvalue weighted by molar-refractivity contribution is -0.0118. The van der Waals surface area contributed by atoms with Crippen molar-refractivity contribution in [1.82, 2.24) is 20.0 Å². The summed E-state index contributed by atoms with van der Waals surface area (Å²) in [6, 6.07) is 16.3. The number of nitrogens with zero attached hydrogens (tertiary/aromatic N) is 3. The molecule has 1 amide bonds. The van der Waals surface area contributed by atoms with Gasteiger partial charge >= 0.3 is 0 Å². The Morgan fingerprint density at radius 1 is 1.03 bits per heavy atom. The number of benzene rings is 2.